The third kappa shape index (κ3) is 5.71. The van der Waals surface area contributed by atoms with E-state index in [1.165, 1.54) is 41.0 Å². The molecule has 3 aromatic carbocycles. The molecule has 0 fully saturated rings. The molecule has 0 aliphatic heterocycles. The van der Waals surface area contributed by atoms with Gasteiger partial charge in [0.2, 0.25) is 5.75 Å². The number of nitrogens with zero attached hydrogens (tertiary/aromatic N) is 5. The van der Waals surface area contributed by atoms with Crippen LogP contribution in [0.2, 0.25) is 5.02 Å². The molecule has 0 atom stereocenters. The molecule has 2 heterocycles. The van der Waals surface area contributed by atoms with E-state index in [0.29, 0.717) is 33.5 Å². The van der Waals surface area contributed by atoms with Gasteiger partial charge in [-0.3, -0.25) is 4.79 Å². The molecule has 0 unspecified atom stereocenters. The fourth-order valence-corrected chi connectivity index (χ4v) is 4.11. The van der Waals surface area contributed by atoms with Gasteiger partial charge in [-0.15, -0.1) is 5.10 Å². The lowest BCUT2D eigenvalue weighted by Crippen LogP contribution is -2.24. The van der Waals surface area contributed by atoms with Crippen molar-refractivity contribution in [3.05, 3.63) is 106 Å². The summed E-state index contributed by atoms with van der Waals surface area (Å²) in [6.07, 6.45) is 3.19. The second-order valence-electron chi connectivity index (χ2n) is 8.48. The topological polar surface area (TPSA) is 114 Å². The highest BCUT2D eigenvalue weighted by Gasteiger charge is 2.20. The number of methoxy groups -OCH3 is 1. The van der Waals surface area contributed by atoms with Crippen molar-refractivity contribution < 1.29 is 23.7 Å². The minimum absolute atomic E-state index is 0.0388. The molecule has 40 heavy (non-hydrogen) atoms. The van der Waals surface area contributed by atoms with Crippen LogP contribution in [-0.4, -0.2) is 50.4 Å². The first-order valence-corrected chi connectivity index (χ1v) is 12.4. The van der Waals surface area contributed by atoms with Gasteiger partial charge in [0, 0.05) is 36.8 Å². The lowest BCUT2D eigenvalue weighted by Gasteiger charge is -2.15. The van der Waals surface area contributed by atoms with E-state index in [1.807, 2.05) is 0 Å². The summed E-state index contributed by atoms with van der Waals surface area (Å²) in [4.78, 5) is 13.7. The monoisotopic (exact) mass is 563 g/mol. The number of benzene rings is 3. The summed E-state index contributed by atoms with van der Waals surface area (Å²) in [6.45, 7) is -0.178. The fraction of sp³-hybridized carbons (Fsp3) is 0.143. The van der Waals surface area contributed by atoms with E-state index in [2.05, 4.69) is 15.4 Å². The lowest BCUT2D eigenvalue weighted by atomic mass is 10.0. The normalized spacial score (nSPS) is 11.0. The van der Waals surface area contributed by atoms with Gasteiger partial charge in [-0.05, 0) is 54.1 Å². The Balaban J connectivity index is 1.55. The van der Waals surface area contributed by atoms with Crippen molar-refractivity contribution in [2.24, 2.45) is 0 Å². The van der Waals surface area contributed by atoms with Gasteiger partial charge in [0.15, 0.2) is 6.79 Å². The van der Waals surface area contributed by atoms with Gasteiger partial charge in [-0.2, -0.15) is 9.78 Å². The maximum Gasteiger partial charge on any atom is 0.316 e. The van der Waals surface area contributed by atoms with Crippen LogP contribution in [-0.2, 0) is 11.2 Å². The Bertz CT molecular complexity index is 1670. The summed E-state index contributed by atoms with van der Waals surface area (Å²) in [5.74, 6) is 0.167. The first-order chi connectivity index (χ1) is 19.5. The maximum atomic E-state index is 13.8. The smallest absolute Gasteiger partial charge is 0.316 e. The summed E-state index contributed by atoms with van der Waals surface area (Å²) in [7, 11) is 1.48. The quantitative estimate of drug-likeness (QED) is 0.246. The standard InChI is InChI=1S/C28H23ClFN5O5/c1-38-17-39-26-14-20(30)6-11-24(26)18-2-9-23(10-3-18)40-27-25(34-22(12-13-36)15-31-33-34)16-32-35(28(27)37)21-7-4-19(29)5-8-21/h2-11,14-16,36H,12-13,17H2,1H3. The van der Waals surface area contributed by atoms with E-state index in [0.717, 1.165) is 5.56 Å². The van der Waals surface area contributed by atoms with Crippen LogP contribution >= 0.6 is 11.6 Å². The highest BCUT2D eigenvalue weighted by Crippen LogP contribution is 2.33. The van der Waals surface area contributed by atoms with Gasteiger partial charge in [0.05, 0.1) is 23.8 Å². The number of ether oxygens (including phenoxy) is 3. The number of rotatable bonds is 10. The molecule has 0 saturated heterocycles. The van der Waals surface area contributed by atoms with Gasteiger partial charge in [-0.1, -0.05) is 28.9 Å². The predicted octanol–water partition coefficient (Wildman–Crippen LogP) is 4.58. The number of hydrogen-bond acceptors (Lipinski definition) is 8. The van der Waals surface area contributed by atoms with Crippen molar-refractivity contribution >= 4 is 11.6 Å². The molecule has 0 bridgehead atoms. The Kier molecular flexibility index (Phi) is 8.15. The Morgan fingerprint density at radius 1 is 1.00 bits per heavy atom. The van der Waals surface area contributed by atoms with Gasteiger partial charge >= 0.3 is 5.56 Å². The molecule has 5 aromatic rings. The average molecular weight is 564 g/mol. The zero-order valence-corrected chi connectivity index (χ0v) is 22.0. The molecule has 0 amide bonds. The minimum Gasteiger partial charge on any atom is -0.467 e. The van der Waals surface area contributed by atoms with Crippen LogP contribution in [0, 0.1) is 5.82 Å². The zero-order valence-electron chi connectivity index (χ0n) is 21.2. The van der Waals surface area contributed by atoms with Crippen molar-refractivity contribution in [2.45, 2.75) is 6.42 Å². The molecule has 10 nitrogen and oxygen atoms in total. The molecule has 0 aliphatic rings. The second-order valence-corrected chi connectivity index (χ2v) is 8.92. The first-order valence-electron chi connectivity index (χ1n) is 12.1. The SMILES string of the molecule is COCOc1cc(F)ccc1-c1ccc(Oc2c(-n3nncc3CCO)cnn(-c3ccc(Cl)cc3)c2=O)cc1. The second kappa shape index (κ2) is 12.1. The summed E-state index contributed by atoms with van der Waals surface area (Å²) in [5, 5.41) is 22.3. The number of aliphatic hydroxyl groups excluding tert-OH is 1. The van der Waals surface area contributed by atoms with E-state index < -0.39 is 11.4 Å². The van der Waals surface area contributed by atoms with Crippen LogP contribution < -0.4 is 15.0 Å². The van der Waals surface area contributed by atoms with Crippen LogP contribution in [0.3, 0.4) is 0 Å². The molecule has 0 radical (unpaired) electrons. The Morgan fingerprint density at radius 3 is 2.50 bits per heavy atom. The van der Waals surface area contributed by atoms with E-state index in [9.17, 15) is 14.3 Å². The minimum atomic E-state index is -0.553. The number of halogens is 2. The predicted molar refractivity (Wildman–Crippen MR) is 145 cm³/mol. The summed E-state index contributed by atoms with van der Waals surface area (Å²) >= 11 is 6.01. The van der Waals surface area contributed by atoms with Crippen molar-refractivity contribution in [2.75, 3.05) is 20.5 Å². The third-order valence-electron chi connectivity index (χ3n) is 5.86. The van der Waals surface area contributed by atoms with Crippen LogP contribution in [0.15, 0.2) is 83.9 Å². The van der Waals surface area contributed by atoms with Crippen LogP contribution in [0.1, 0.15) is 5.69 Å². The summed E-state index contributed by atoms with van der Waals surface area (Å²) in [5.41, 5.74) is 2.12. The molecule has 12 heteroatoms. The molecule has 0 saturated carbocycles. The summed E-state index contributed by atoms with van der Waals surface area (Å²) < 4.78 is 33.0. The first kappa shape index (κ1) is 27.0. The van der Waals surface area contributed by atoms with E-state index in [4.69, 9.17) is 25.8 Å². The highest BCUT2D eigenvalue weighted by molar-refractivity contribution is 6.30. The van der Waals surface area contributed by atoms with E-state index in [-0.39, 0.29) is 31.3 Å². The molecule has 0 spiro atoms. The van der Waals surface area contributed by atoms with E-state index >= 15 is 0 Å². The van der Waals surface area contributed by atoms with Gasteiger partial charge < -0.3 is 19.3 Å². The summed E-state index contributed by atoms with van der Waals surface area (Å²) in [6, 6.07) is 17.7. The van der Waals surface area contributed by atoms with Crippen LogP contribution in [0.25, 0.3) is 22.5 Å². The number of aliphatic hydroxyl groups is 1. The molecule has 2 aromatic heterocycles. The van der Waals surface area contributed by atoms with E-state index in [1.54, 1.807) is 54.6 Å². The van der Waals surface area contributed by atoms with Crippen molar-refractivity contribution in [3.63, 3.8) is 0 Å². The van der Waals surface area contributed by atoms with Crippen molar-refractivity contribution in [3.8, 4) is 39.8 Å². The van der Waals surface area contributed by atoms with Gasteiger partial charge in [0.1, 0.15) is 23.0 Å². The fourth-order valence-electron chi connectivity index (χ4n) is 3.98. The average Bonchev–Trinajstić information content (AvgIpc) is 3.42. The Hall–Kier alpha value is -4.58. The van der Waals surface area contributed by atoms with Crippen LogP contribution in [0.4, 0.5) is 4.39 Å². The van der Waals surface area contributed by atoms with Gasteiger partial charge in [0.25, 0.3) is 0 Å². The maximum absolute atomic E-state index is 13.8. The van der Waals surface area contributed by atoms with Gasteiger partial charge in [-0.25, -0.2) is 9.07 Å². The molecule has 5 rings (SSSR count). The molecule has 1 N–H and O–H groups in total. The number of aromatic nitrogens is 5. The largest absolute Gasteiger partial charge is 0.467 e. The Labute approximate surface area is 232 Å². The lowest BCUT2D eigenvalue weighted by molar-refractivity contribution is 0.0513. The molecular weight excluding hydrogens is 541 g/mol. The highest BCUT2D eigenvalue weighted by atomic mass is 35.5. The third-order valence-corrected chi connectivity index (χ3v) is 6.12. The molecule has 0 aliphatic carbocycles. The Morgan fingerprint density at radius 2 is 1.77 bits per heavy atom. The van der Waals surface area contributed by atoms with Crippen LogP contribution in [0.5, 0.6) is 17.2 Å². The number of hydrogen-bond donors (Lipinski definition) is 1. The van der Waals surface area contributed by atoms with Crippen molar-refractivity contribution in [1.29, 1.82) is 0 Å². The molecule has 204 valence electrons. The zero-order chi connectivity index (χ0) is 28.1. The molecular formula is C28H23ClFN5O5. The van der Waals surface area contributed by atoms with Crippen molar-refractivity contribution in [1.82, 2.24) is 24.8 Å².